The molecule has 0 aliphatic rings. The molecule has 1 rings (SSSR count). The van der Waals surface area contributed by atoms with Crippen LogP contribution in [0.2, 0.25) is 0 Å². The van der Waals surface area contributed by atoms with Crippen LogP contribution in [0.4, 0.5) is 0 Å². The SMILES string of the molecule is NC(=O)CCC(NC(=O)C(Cc1ccccc1)NC(=O)C(CO)NC(=O)C(N)CC(=O)O)C(=O)O. The van der Waals surface area contributed by atoms with E-state index in [1.807, 2.05) is 0 Å². The lowest BCUT2D eigenvalue weighted by Crippen LogP contribution is -2.58. The zero-order valence-corrected chi connectivity index (χ0v) is 18.7. The van der Waals surface area contributed by atoms with Gasteiger partial charge in [-0.25, -0.2) is 4.79 Å². The van der Waals surface area contributed by atoms with Crippen molar-refractivity contribution in [1.82, 2.24) is 16.0 Å². The third kappa shape index (κ3) is 10.6. The van der Waals surface area contributed by atoms with Gasteiger partial charge in [0, 0.05) is 12.8 Å². The third-order valence-corrected chi connectivity index (χ3v) is 4.76. The summed E-state index contributed by atoms with van der Waals surface area (Å²) in [6.07, 6.45) is -1.38. The van der Waals surface area contributed by atoms with Crippen molar-refractivity contribution in [2.24, 2.45) is 11.5 Å². The molecular weight excluding hydrogens is 466 g/mol. The molecule has 0 aliphatic heterocycles. The van der Waals surface area contributed by atoms with Gasteiger partial charge in [0.1, 0.15) is 18.1 Å². The Morgan fingerprint density at radius 1 is 0.829 bits per heavy atom. The molecule has 14 nitrogen and oxygen atoms in total. The fraction of sp³-hybridized carbons (Fsp3) is 0.429. The van der Waals surface area contributed by atoms with Crippen LogP contribution in [0.15, 0.2) is 30.3 Å². The zero-order chi connectivity index (χ0) is 26.5. The van der Waals surface area contributed by atoms with Crippen molar-refractivity contribution in [3.8, 4) is 0 Å². The molecule has 0 heterocycles. The maximum Gasteiger partial charge on any atom is 0.326 e. The van der Waals surface area contributed by atoms with Crippen LogP contribution in [-0.2, 0) is 35.2 Å². The summed E-state index contributed by atoms with van der Waals surface area (Å²) in [4.78, 5) is 70.8. The molecule has 0 saturated carbocycles. The maximum atomic E-state index is 12.9. The van der Waals surface area contributed by atoms with Gasteiger partial charge in [-0.1, -0.05) is 30.3 Å². The number of benzene rings is 1. The molecule has 0 aromatic heterocycles. The number of amides is 4. The van der Waals surface area contributed by atoms with Crippen LogP contribution in [0.3, 0.4) is 0 Å². The van der Waals surface area contributed by atoms with Crippen LogP contribution in [0, 0.1) is 0 Å². The van der Waals surface area contributed by atoms with Crippen molar-refractivity contribution < 1.29 is 44.1 Å². The van der Waals surface area contributed by atoms with Crippen molar-refractivity contribution in [2.45, 2.75) is 49.9 Å². The third-order valence-electron chi connectivity index (χ3n) is 4.76. The fourth-order valence-electron chi connectivity index (χ4n) is 2.90. The molecule has 1 aromatic rings. The Morgan fingerprint density at radius 2 is 1.37 bits per heavy atom. The summed E-state index contributed by atoms with van der Waals surface area (Å²) in [5.74, 6) is -6.43. The summed E-state index contributed by atoms with van der Waals surface area (Å²) in [6.45, 7) is -0.895. The number of rotatable bonds is 15. The van der Waals surface area contributed by atoms with Crippen LogP contribution < -0.4 is 27.4 Å². The lowest BCUT2D eigenvalue weighted by molar-refractivity contribution is -0.142. The largest absolute Gasteiger partial charge is 0.481 e. The number of nitrogens with one attached hydrogen (secondary N) is 3. The number of carbonyl (C=O) groups excluding carboxylic acids is 4. The van der Waals surface area contributed by atoms with E-state index in [9.17, 15) is 39.0 Å². The van der Waals surface area contributed by atoms with E-state index < -0.39 is 72.8 Å². The number of carbonyl (C=O) groups is 6. The fourth-order valence-corrected chi connectivity index (χ4v) is 2.90. The highest BCUT2D eigenvalue weighted by molar-refractivity contribution is 5.95. The summed E-state index contributed by atoms with van der Waals surface area (Å²) in [7, 11) is 0. The lowest BCUT2D eigenvalue weighted by atomic mass is 10.0. The minimum absolute atomic E-state index is 0.0782. The molecule has 1 aromatic carbocycles. The zero-order valence-electron chi connectivity index (χ0n) is 18.7. The quantitative estimate of drug-likeness (QED) is 0.121. The van der Waals surface area contributed by atoms with Gasteiger partial charge in [-0.15, -0.1) is 0 Å². The molecule has 192 valence electrons. The number of hydrogen-bond donors (Lipinski definition) is 8. The first-order chi connectivity index (χ1) is 16.4. The van der Waals surface area contributed by atoms with Gasteiger partial charge in [-0.05, 0) is 12.0 Å². The van der Waals surface area contributed by atoms with Crippen molar-refractivity contribution in [2.75, 3.05) is 6.61 Å². The van der Waals surface area contributed by atoms with Gasteiger partial charge in [0.05, 0.1) is 19.1 Å². The number of aliphatic hydroxyl groups is 1. The van der Waals surface area contributed by atoms with Crippen molar-refractivity contribution in [1.29, 1.82) is 0 Å². The Bertz CT molecular complexity index is 925. The van der Waals surface area contributed by atoms with Gasteiger partial charge in [-0.3, -0.25) is 24.0 Å². The predicted molar refractivity (Wildman–Crippen MR) is 119 cm³/mol. The van der Waals surface area contributed by atoms with E-state index in [4.69, 9.17) is 16.6 Å². The van der Waals surface area contributed by atoms with Gasteiger partial charge in [0.2, 0.25) is 23.6 Å². The van der Waals surface area contributed by atoms with Crippen molar-refractivity contribution in [3.63, 3.8) is 0 Å². The molecule has 10 N–H and O–H groups in total. The topological polar surface area (TPSA) is 251 Å². The number of primary amides is 1. The molecule has 0 spiro atoms. The molecule has 4 atom stereocenters. The summed E-state index contributed by atoms with van der Waals surface area (Å²) in [5, 5.41) is 34.3. The van der Waals surface area contributed by atoms with E-state index in [1.54, 1.807) is 30.3 Å². The standard InChI is InChI=1S/C21H29N5O9/c22-12(9-17(29)30)18(31)26-15(10-27)20(33)25-14(8-11-4-2-1-3-5-11)19(32)24-13(21(34)35)6-7-16(23)28/h1-5,12-15,27H,6-10,22H2,(H2,23,28)(H,24,32)(H,25,33)(H,26,31)(H,29,30)(H,34,35). The molecule has 0 bridgehead atoms. The number of aliphatic carboxylic acids is 2. The molecule has 0 fully saturated rings. The Balaban J connectivity index is 3.01. The van der Waals surface area contributed by atoms with E-state index in [1.165, 1.54) is 0 Å². The molecule has 0 saturated heterocycles. The first-order valence-electron chi connectivity index (χ1n) is 10.5. The number of carboxylic acid groups (broad SMARTS) is 2. The molecule has 14 heteroatoms. The van der Waals surface area contributed by atoms with E-state index >= 15 is 0 Å². The second-order valence-electron chi connectivity index (χ2n) is 7.60. The minimum Gasteiger partial charge on any atom is -0.481 e. The second kappa shape index (κ2) is 14.3. The van der Waals surface area contributed by atoms with E-state index in [0.717, 1.165) is 0 Å². The Labute approximate surface area is 200 Å². The van der Waals surface area contributed by atoms with Gasteiger partial charge in [-0.2, -0.15) is 0 Å². The summed E-state index contributed by atoms with van der Waals surface area (Å²) < 4.78 is 0. The van der Waals surface area contributed by atoms with Gasteiger partial charge in [0.15, 0.2) is 0 Å². The Hall–Kier alpha value is -4.04. The van der Waals surface area contributed by atoms with Crippen LogP contribution >= 0.6 is 0 Å². The average molecular weight is 495 g/mol. The number of nitrogens with two attached hydrogens (primary N) is 2. The smallest absolute Gasteiger partial charge is 0.326 e. The molecule has 4 unspecified atom stereocenters. The number of carboxylic acids is 2. The Morgan fingerprint density at radius 3 is 1.89 bits per heavy atom. The van der Waals surface area contributed by atoms with Gasteiger partial charge >= 0.3 is 11.9 Å². The summed E-state index contributed by atoms with van der Waals surface area (Å²) in [5.41, 5.74) is 11.1. The highest BCUT2D eigenvalue weighted by Crippen LogP contribution is 2.06. The molecule has 35 heavy (non-hydrogen) atoms. The van der Waals surface area contributed by atoms with Crippen LogP contribution in [0.5, 0.6) is 0 Å². The average Bonchev–Trinajstić information content (AvgIpc) is 2.79. The minimum atomic E-state index is -1.57. The van der Waals surface area contributed by atoms with E-state index in [0.29, 0.717) is 5.56 Å². The van der Waals surface area contributed by atoms with Gasteiger partial charge < -0.3 is 42.7 Å². The van der Waals surface area contributed by atoms with Crippen LogP contribution in [-0.4, -0.2) is 81.7 Å². The van der Waals surface area contributed by atoms with Crippen molar-refractivity contribution in [3.05, 3.63) is 35.9 Å². The van der Waals surface area contributed by atoms with E-state index in [-0.39, 0.29) is 19.3 Å². The van der Waals surface area contributed by atoms with Crippen molar-refractivity contribution >= 4 is 35.6 Å². The summed E-state index contributed by atoms with van der Waals surface area (Å²) in [6, 6.07) is 2.54. The highest BCUT2D eigenvalue weighted by Gasteiger charge is 2.30. The maximum absolute atomic E-state index is 12.9. The first-order valence-corrected chi connectivity index (χ1v) is 10.5. The number of hydrogen-bond acceptors (Lipinski definition) is 8. The second-order valence-corrected chi connectivity index (χ2v) is 7.60. The monoisotopic (exact) mass is 495 g/mol. The molecule has 0 aliphatic carbocycles. The number of aliphatic hydroxyl groups excluding tert-OH is 1. The molecule has 4 amide bonds. The highest BCUT2D eigenvalue weighted by atomic mass is 16.4. The molecular formula is C21H29N5O9. The van der Waals surface area contributed by atoms with Gasteiger partial charge in [0.25, 0.3) is 0 Å². The lowest BCUT2D eigenvalue weighted by Gasteiger charge is -2.24. The van der Waals surface area contributed by atoms with Crippen LogP contribution in [0.1, 0.15) is 24.8 Å². The normalized spacial score (nSPS) is 14.0. The Kier molecular flexibility index (Phi) is 11.8. The predicted octanol–water partition coefficient (Wildman–Crippen LogP) is -3.17. The molecule has 0 radical (unpaired) electrons. The first kappa shape index (κ1) is 29.0. The van der Waals surface area contributed by atoms with E-state index in [2.05, 4.69) is 16.0 Å². The summed E-state index contributed by atoms with van der Waals surface area (Å²) >= 11 is 0. The van der Waals surface area contributed by atoms with Crippen LogP contribution in [0.25, 0.3) is 0 Å².